The van der Waals surface area contributed by atoms with Crippen molar-refractivity contribution in [2.45, 2.75) is 19.3 Å². The van der Waals surface area contributed by atoms with Crippen LogP contribution in [0, 0.1) is 17.6 Å². The quantitative estimate of drug-likeness (QED) is 0.785. The molecule has 1 saturated heterocycles. The van der Waals surface area contributed by atoms with Crippen LogP contribution < -0.4 is 0 Å². The molecule has 0 radical (unpaired) electrons. The van der Waals surface area contributed by atoms with Gasteiger partial charge in [-0.1, -0.05) is 29.8 Å². The first-order chi connectivity index (χ1) is 11.5. The summed E-state index contributed by atoms with van der Waals surface area (Å²) in [6.07, 6.45) is 2.55. The van der Waals surface area contributed by atoms with Crippen LogP contribution in [0.1, 0.15) is 28.8 Å². The molecule has 0 aromatic heterocycles. The van der Waals surface area contributed by atoms with Gasteiger partial charge in [-0.25, -0.2) is 8.78 Å². The topological polar surface area (TPSA) is 20.3 Å². The van der Waals surface area contributed by atoms with Crippen molar-refractivity contribution in [2.75, 3.05) is 13.1 Å². The summed E-state index contributed by atoms with van der Waals surface area (Å²) in [4.78, 5) is 14.2. The lowest BCUT2D eigenvalue weighted by molar-refractivity contribution is 0.0686. The smallest absolute Gasteiger partial charge is 0.258 e. The highest BCUT2D eigenvalue weighted by Crippen LogP contribution is 2.26. The number of rotatable bonds is 3. The molecule has 0 unspecified atom stereocenters. The number of benzene rings is 2. The van der Waals surface area contributed by atoms with Crippen molar-refractivity contribution in [1.82, 2.24) is 4.90 Å². The van der Waals surface area contributed by atoms with Crippen molar-refractivity contribution in [2.24, 2.45) is 5.92 Å². The maximum Gasteiger partial charge on any atom is 0.258 e. The number of piperidine rings is 1. The SMILES string of the molecule is O=C(c1c(F)cccc1Cl)N1CCC(Cc2ccc(F)cc2)CC1. The molecule has 0 N–H and O–H groups in total. The van der Waals surface area contributed by atoms with Gasteiger partial charge >= 0.3 is 0 Å². The van der Waals surface area contributed by atoms with E-state index in [0.717, 1.165) is 24.8 Å². The number of halogens is 3. The van der Waals surface area contributed by atoms with E-state index >= 15 is 0 Å². The van der Waals surface area contributed by atoms with Gasteiger partial charge in [0.25, 0.3) is 5.91 Å². The van der Waals surface area contributed by atoms with E-state index in [1.807, 2.05) is 0 Å². The Kier molecular flexibility index (Phi) is 5.14. The summed E-state index contributed by atoms with van der Waals surface area (Å²) in [5, 5.41) is 0.147. The third-order valence-electron chi connectivity index (χ3n) is 4.52. The highest BCUT2D eigenvalue weighted by molar-refractivity contribution is 6.33. The molecule has 0 aliphatic carbocycles. The van der Waals surface area contributed by atoms with Gasteiger partial charge in [-0.05, 0) is 55.0 Å². The third-order valence-corrected chi connectivity index (χ3v) is 4.83. The van der Waals surface area contributed by atoms with E-state index in [2.05, 4.69) is 0 Å². The van der Waals surface area contributed by atoms with Gasteiger partial charge in [-0.3, -0.25) is 4.79 Å². The molecule has 1 amide bonds. The van der Waals surface area contributed by atoms with Crippen molar-refractivity contribution >= 4 is 17.5 Å². The molecule has 0 spiro atoms. The Morgan fingerprint density at radius 3 is 2.38 bits per heavy atom. The molecule has 1 aliphatic heterocycles. The van der Waals surface area contributed by atoms with Crippen molar-refractivity contribution < 1.29 is 13.6 Å². The molecule has 2 nitrogen and oxygen atoms in total. The van der Waals surface area contributed by atoms with E-state index in [9.17, 15) is 13.6 Å². The van der Waals surface area contributed by atoms with Crippen LogP contribution in [0.15, 0.2) is 42.5 Å². The zero-order valence-corrected chi connectivity index (χ0v) is 13.9. The van der Waals surface area contributed by atoms with Gasteiger partial charge in [0.05, 0.1) is 10.6 Å². The van der Waals surface area contributed by atoms with Crippen LogP contribution in [0.3, 0.4) is 0 Å². The second-order valence-corrected chi connectivity index (χ2v) is 6.57. The molecule has 1 heterocycles. The van der Waals surface area contributed by atoms with Gasteiger partial charge in [-0.15, -0.1) is 0 Å². The molecule has 126 valence electrons. The lowest BCUT2D eigenvalue weighted by Gasteiger charge is -2.32. The van der Waals surface area contributed by atoms with Crippen molar-refractivity contribution in [1.29, 1.82) is 0 Å². The lowest BCUT2D eigenvalue weighted by atomic mass is 9.90. The van der Waals surface area contributed by atoms with Crippen molar-refractivity contribution in [3.63, 3.8) is 0 Å². The van der Waals surface area contributed by atoms with E-state index in [1.165, 1.54) is 30.3 Å². The van der Waals surface area contributed by atoms with E-state index in [-0.39, 0.29) is 22.3 Å². The lowest BCUT2D eigenvalue weighted by Crippen LogP contribution is -2.39. The fourth-order valence-electron chi connectivity index (χ4n) is 3.15. The minimum atomic E-state index is -0.582. The predicted molar refractivity (Wildman–Crippen MR) is 90.1 cm³/mol. The molecule has 24 heavy (non-hydrogen) atoms. The van der Waals surface area contributed by atoms with Gasteiger partial charge in [0.1, 0.15) is 11.6 Å². The molecular weight excluding hydrogens is 332 g/mol. The summed E-state index contributed by atoms with van der Waals surface area (Å²) >= 11 is 5.97. The molecule has 1 aliphatic rings. The van der Waals surface area contributed by atoms with Crippen LogP contribution >= 0.6 is 11.6 Å². The zero-order chi connectivity index (χ0) is 17.1. The van der Waals surface area contributed by atoms with Gasteiger partial charge in [-0.2, -0.15) is 0 Å². The molecule has 3 rings (SSSR count). The van der Waals surface area contributed by atoms with Crippen molar-refractivity contribution in [3.8, 4) is 0 Å². The van der Waals surface area contributed by atoms with Crippen LogP contribution in [0.4, 0.5) is 8.78 Å². The van der Waals surface area contributed by atoms with E-state index in [0.29, 0.717) is 19.0 Å². The third kappa shape index (κ3) is 3.75. The minimum absolute atomic E-state index is 0.0452. The second-order valence-electron chi connectivity index (χ2n) is 6.16. The number of hydrogen-bond acceptors (Lipinski definition) is 1. The van der Waals surface area contributed by atoms with Crippen LogP contribution in [-0.4, -0.2) is 23.9 Å². The molecule has 2 aromatic rings. The summed E-state index contributed by atoms with van der Waals surface area (Å²) in [6.45, 7) is 1.16. The summed E-state index contributed by atoms with van der Waals surface area (Å²) in [7, 11) is 0. The second kappa shape index (κ2) is 7.31. The Hall–Kier alpha value is -1.94. The number of carbonyl (C=O) groups is 1. The van der Waals surface area contributed by atoms with Gasteiger partial charge in [0.2, 0.25) is 0 Å². The van der Waals surface area contributed by atoms with E-state index in [4.69, 9.17) is 11.6 Å². The van der Waals surface area contributed by atoms with Crippen LogP contribution in [-0.2, 0) is 6.42 Å². The average molecular weight is 350 g/mol. The van der Waals surface area contributed by atoms with Gasteiger partial charge in [0.15, 0.2) is 0 Å². The standard InChI is InChI=1S/C19H18ClF2NO/c20-16-2-1-3-17(22)18(16)19(24)23-10-8-14(9-11-23)12-13-4-6-15(21)7-5-13/h1-7,14H,8-12H2. The molecule has 5 heteroatoms. The molecule has 2 aromatic carbocycles. The zero-order valence-electron chi connectivity index (χ0n) is 13.1. The van der Waals surface area contributed by atoms with Gasteiger partial charge in [0, 0.05) is 13.1 Å². The minimum Gasteiger partial charge on any atom is -0.338 e. The first kappa shape index (κ1) is 16.9. The predicted octanol–water partition coefficient (Wildman–Crippen LogP) is 4.71. The number of likely N-dealkylation sites (tertiary alicyclic amines) is 1. The number of hydrogen-bond donors (Lipinski definition) is 0. The Morgan fingerprint density at radius 2 is 1.75 bits per heavy atom. The molecular formula is C19H18ClF2NO. The first-order valence-corrected chi connectivity index (χ1v) is 8.40. The van der Waals surface area contributed by atoms with Crippen LogP contribution in [0.2, 0.25) is 5.02 Å². The van der Waals surface area contributed by atoms with E-state index in [1.54, 1.807) is 17.0 Å². The highest BCUT2D eigenvalue weighted by atomic mass is 35.5. The summed E-state index contributed by atoms with van der Waals surface area (Å²) in [5.74, 6) is -0.726. The fourth-order valence-corrected chi connectivity index (χ4v) is 3.40. The first-order valence-electron chi connectivity index (χ1n) is 8.02. The molecule has 0 bridgehead atoms. The number of carbonyl (C=O) groups excluding carboxylic acids is 1. The van der Waals surface area contributed by atoms with Crippen LogP contribution in [0.25, 0.3) is 0 Å². The highest BCUT2D eigenvalue weighted by Gasteiger charge is 2.26. The number of amides is 1. The van der Waals surface area contributed by atoms with Gasteiger partial charge < -0.3 is 4.90 Å². The Bertz CT molecular complexity index is 704. The monoisotopic (exact) mass is 349 g/mol. The summed E-state index contributed by atoms with van der Waals surface area (Å²) < 4.78 is 26.8. The Morgan fingerprint density at radius 1 is 1.08 bits per heavy atom. The summed E-state index contributed by atoms with van der Waals surface area (Å²) in [6, 6.07) is 10.8. The maximum absolute atomic E-state index is 13.9. The Balaban J connectivity index is 1.60. The Labute approximate surface area is 145 Å². The average Bonchev–Trinajstić information content (AvgIpc) is 2.57. The van der Waals surface area contributed by atoms with Crippen molar-refractivity contribution in [3.05, 3.63) is 70.2 Å². The normalized spacial score (nSPS) is 15.5. The fraction of sp³-hybridized carbons (Fsp3) is 0.316. The molecule has 0 atom stereocenters. The van der Waals surface area contributed by atoms with Crippen LogP contribution in [0.5, 0.6) is 0 Å². The molecule has 0 saturated carbocycles. The number of nitrogens with zero attached hydrogens (tertiary/aromatic N) is 1. The largest absolute Gasteiger partial charge is 0.338 e. The maximum atomic E-state index is 13.9. The summed E-state index contributed by atoms with van der Waals surface area (Å²) in [5.41, 5.74) is 1.05. The van der Waals surface area contributed by atoms with E-state index < -0.39 is 5.82 Å². The molecule has 1 fully saturated rings.